The molecule has 1 saturated heterocycles. The molecule has 0 atom stereocenters. The van der Waals surface area contributed by atoms with E-state index in [1.165, 1.54) is 5.56 Å². The minimum Gasteiger partial charge on any atom is -0.360 e. The van der Waals surface area contributed by atoms with Crippen LogP contribution in [0.3, 0.4) is 0 Å². The van der Waals surface area contributed by atoms with Gasteiger partial charge in [0.15, 0.2) is 0 Å². The predicted molar refractivity (Wildman–Crippen MR) is 125 cm³/mol. The molecule has 31 heavy (non-hydrogen) atoms. The van der Waals surface area contributed by atoms with Crippen molar-refractivity contribution in [3.05, 3.63) is 81.5 Å². The summed E-state index contributed by atoms with van der Waals surface area (Å²) in [5.74, 6) is 0.355. The molecule has 0 aliphatic carbocycles. The fourth-order valence-corrected chi connectivity index (χ4v) is 4.29. The number of amides is 1. The van der Waals surface area contributed by atoms with Crippen LogP contribution >= 0.6 is 23.2 Å². The zero-order valence-corrected chi connectivity index (χ0v) is 18.7. The topological polar surface area (TPSA) is 49.6 Å². The molecule has 0 unspecified atom stereocenters. The zero-order chi connectivity index (χ0) is 21.8. The maximum atomic E-state index is 13.3. The molecule has 0 bridgehead atoms. The first-order valence-corrected chi connectivity index (χ1v) is 10.9. The van der Waals surface area contributed by atoms with E-state index in [2.05, 4.69) is 34.3 Å². The van der Waals surface area contributed by atoms with Gasteiger partial charge < -0.3 is 9.42 Å². The molecule has 160 valence electrons. The molecule has 1 aliphatic heterocycles. The lowest BCUT2D eigenvalue weighted by molar-refractivity contribution is 0.0649. The van der Waals surface area contributed by atoms with Crippen LogP contribution in [0, 0.1) is 6.92 Å². The molecule has 1 aliphatic rings. The summed E-state index contributed by atoms with van der Waals surface area (Å²) in [7, 11) is 0. The molecule has 3 aromatic rings. The Hall–Kier alpha value is -2.60. The summed E-state index contributed by atoms with van der Waals surface area (Å²) in [5.41, 5.74) is 2.53. The van der Waals surface area contributed by atoms with E-state index in [0.717, 1.165) is 19.6 Å². The number of hydrogen-bond donors (Lipinski definition) is 0. The summed E-state index contributed by atoms with van der Waals surface area (Å²) in [6.45, 7) is 5.47. The second-order valence-corrected chi connectivity index (χ2v) is 8.28. The highest BCUT2D eigenvalue weighted by molar-refractivity contribution is 6.39. The average Bonchev–Trinajstić information content (AvgIpc) is 3.15. The van der Waals surface area contributed by atoms with E-state index in [4.69, 9.17) is 27.7 Å². The number of aromatic nitrogens is 1. The third-order valence-electron chi connectivity index (χ3n) is 5.41. The van der Waals surface area contributed by atoms with Crippen molar-refractivity contribution in [2.45, 2.75) is 6.92 Å². The molecular weight excluding hydrogens is 433 g/mol. The molecule has 1 fully saturated rings. The van der Waals surface area contributed by atoms with E-state index >= 15 is 0 Å². The minimum absolute atomic E-state index is 0.107. The number of rotatable bonds is 5. The zero-order valence-electron chi connectivity index (χ0n) is 17.2. The van der Waals surface area contributed by atoms with Gasteiger partial charge in [-0.1, -0.05) is 76.9 Å². The van der Waals surface area contributed by atoms with Gasteiger partial charge in [-0.2, -0.15) is 0 Å². The average molecular weight is 456 g/mol. The highest BCUT2D eigenvalue weighted by atomic mass is 35.5. The van der Waals surface area contributed by atoms with Crippen molar-refractivity contribution < 1.29 is 9.32 Å². The van der Waals surface area contributed by atoms with Crippen LogP contribution in [0.15, 0.2) is 59.1 Å². The maximum absolute atomic E-state index is 13.3. The molecule has 0 spiro atoms. The van der Waals surface area contributed by atoms with Crippen LogP contribution < -0.4 is 0 Å². The Bertz CT molecular complexity index is 1070. The van der Waals surface area contributed by atoms with Gasteiger partial charge in [0, 0.05) is 38.3 Å². The summed E-state index contributed by atoms with van der Waals surface area (Å²) in [6.07, 6.45) is 4.28. The van der Waals surface area contributed by atoms with Crippen LogP contribution in [0.2, 0.25) is 10.0 Å². The second-order valence-electron chi connectivity index (χ2n) is 7.46. The van der Waals surface area contributed by atoms with Crippen molar-refractivity contribution in [1.82, 2.24) is 15.0 Å². The molecule has 2 heterocycles. The predicted octanol–water partition coefficient (Wildman–Crippen LogP) is 5.43. The third-order valence-corrected chi connectivity index (χ3v) is 6.04. The summed E-state index contributed by atoms with van der Waals surface area (Å²) < 4.78 is 5.35. The Balaban J connectivity index is 1.43. The van der Waals surface area contributed by atoms with Crippen molar-refractivity contribution >= 4 is 35.2 Å². The molecule has 0 N–H and O–H groups in total. The van der Waals surface area contributed by atoms with Crippen molar-refractivity contribution in [2.75, 3.05) is 32.7 Å². The van der Waals surface area contributed by atoms with E-state index < -0.39 is 0 Å². The Kier molecular flexibility index (Phi) is 6.76. The molecule has 0 saturated carbocycles. The lowest BCUT2D eigenvalue weighted by Gasteiger charge is -2.34. The van der Waals surface area contributed by atoms with Crippen LogP contribution in [0.4, 0.5) is 0 Å². The van der Waals surface area contributed by atoms with Crippen molar-refractivity contribution in [1.29, 1.82) is 0 Å². The molecule has 7 heteroatoms. The summed E-state index contributed by atoms with van der Waals surface area (Å²) in [6, 6.07) is 15.4. The summed E-state index contributed by atoms with van der Waals surface area (Å²) in [4.78, 5) is 17.5. The lowest BCUT2D eigenvalue weighted by Crippen LogP contribution is -2.48. The molecular formula is C24H23Cl2N3O2. The van der Waals surface area contributed by atoms with Gasteiger partial charge in [0.2, 0.25) is 0 Å². The SMILES string of the molecule is Cc1onc(-c2c(Cl)cccc2Cl)c1C(=O)N1CCN(C/C=C/c2ccccc2)CC1. The molecule has 1 amide bonds. The molecule has 1 aromatic heterocycles. The number of nitrogens with zero attached hydrogens (tertiary/aromatic N) is 3. The highest BCUT2D eigenvalue weighted by Crippen LogP contribution is 2.37. The maximum Gasteiger partial charge on any atom is 0.259 e. The molecule has 0 radical (unpaired) electrons. The van der Waals surface area contributed by atoms with Gasteiger partial charge in [-0.15, -0.1) is 0 Å². The van der Waals surface area contributed by atoms with E-state index in [0.29, 0.717) is 45.7 Å². The van der Waals surface area contributed by atoms with Gasteiger partial charge in [0.1, 0.15) is 17.0 Å². The van der Waals surface area contributed by atoms with Gasteiger partial charge in [-0.05, 0) is 24.6 Å². The van der Waals surface area contributed by atoms with Gasteiger partial charge in [0.25, 0.3) is 5.91 Å². The van der Waals surface area contributed by atoms with Crippen LogP contribution in [0.25, 0.3) is 17.3 Å². The fraction of sp³-hybridized carbons (Fsp3) is 0.250. The van der Waals surface area contributed by atoms with Gasteiger partial charge in [0.05, 0.1) is 10.0 Å². The Morgan fingerprint density at radius 3 is 2.39 bits per heavy atom. The van der Waals surface area contributed by atoms with E-state index in [1.54, 1.807) is 25.1 Å². The number of halogens is 2. The summed E-state index contributed by atoms with van der Waals surface area (Å²) >= 11 is 12.7. The van der Waals surface area contributed by atoms with Crippen LogP contribution in [-0.2, 0) is 0 Å². The third kappa shape index (κ3) is 4.85. The Morgan fingerprint density at radius 2 is 1.71 bits per heavy atom. The van der Waals surface area contributed by atoms with Crippen molar-refractivity contribution in [2.24, 2.45) is 0 Å². The molecule has 2 aromatic carbocycles. The number of aryl methyl sites for hydroxylation is 1. The van der Waals surface area contributed by atoms with Crippen LogP contribution in [0.1, 0.15) is 21.7 Å². The lowest BCUT2D eigenvalue weighted by atomic mass is 10.0. The first kappa shape index (κ1) is 21.6. The fourth-order valence-electron chi connectivity index (χ4n) is 3.71. The van der Waals surface area contributed by atoms with Gasteiger partial charge in [-0.3, -0.25) is 9.69 Å². The first-order chi connectivity index (χ1) is 15.0. The van der Waals surface area contributed by atoms with Crippen molar-refractivity contribution in [3.63, 3.8) is 0 Å². The van der Waals surface area contributed by atoms with E-state index in [1.807, 2.05) is 23.1 Å². The first-order valence-electron chi connectivity index (χ1n) is 10.2. The van der Waals surface area contributed by atoms with Gasteiger partial charge in [-0.25, -0.2) is 0 Å². The molecule has 5 nitrogen and oxygen atoms in total. The minimum atomic E-state index is -0.107. The number of carbonyl (C=O) groups is 1. The largest absolute Gasteiger partial charge is 0.360 e. The Morgan fingerprint density at radius 1 is 1.03 bits per heavy atom. The van der Waals surface area contributed by atoms with E-state index in [-0.39, 0.29) is 5.91 Å². The number of benzene rings is 2. The van der Waals surface area contributed by atoms with Gasteiger partial charge >= 0.3 is 0 Å². The monoisotopic (exact) mass is 455 g/mol. The smallest absolute Gasteiger partial charge is 0.259 e. The highest BCUT2D eigenvalue weighted by Gasteiger charge is 2.30. The normalized spacial score (nSPS) is 15.0. The second kappa shape index (κ2) is 9.69. The van der Waals surface area contributed by atoms with Crippen LogP contribution in [-0.4, -0.2) is 53.6 Å². The number of carbonyl (C=O) groups excluding carboxylic acids is 1. The number of piperazine rings is 1. The molecule has 4 rings (SSSR count). The van der Waals surface area contributed by atoms with Crippen LogP contribution in [0.5, 0.6) is 0 Å². The van der Waals surface area contributed by atoms with Crippen molar-refractivity contribution in [3.8, 4) is 11.3 Å². The van der Waals surface area contributed by atoms with E-state index in [9.17, 15) is 4.79 Å². The Labute approximate surface area is 191 Å². The number of hydrogen-bond acceptors (Lipinski definition) is 4. The quantitative estimate of drug-likeness (QED) is 0.514. The standard InChI is InChI=1S/C24H23Cl2N3O2/c1-17-21(23(27-31-17)22-19(25)10-5-11-20(22)26)24(30)29-15-13-28(14-16-29)12-6-9-18-7-3-2-4-8-18/h2-11H,12-16H2,1H3/b9-6+. The summed E-state index contributed by atoms with van der Waals surface area (Å²) in [5, 5.41) is 4.97.